The molecule has 2 aliphatic heterocycles. The summed E-state index contributed by atoms with van der Waals surface area (Å²) in [7, 11) is 0. The Bertz CT molecular complexity index is 317. The predicted octanol–water partition coefficient (Wildman–Crippen LogP) is 0.974. The van der Waals surface area contributed by atoms with Gasteiger partial charge in [0.1, 0.15) is 0 Å². The molecule has 1 N–H and O–H groups in total. The van der Waals surface area contributed by atoms with E-state index < -0.39 is 5.97 Å². The number of aliphatic carboxylic acids is 1. The molecule has 0 spiro atoms. The van der Waals surface area contributed by atoms with Gasteiger partial charge in [-0.05, 0) is 18.6 Å². The Hall–Kier alpha value is -0.750. The molecule has 2 fully saturated rings. The van der Waals surface area contributed by atoms with E-state index in [1.165, 1.54) is 6.42 Å². The number of hydrogen-bond donors (Lipinski definition) is 1. The van der Waals surface area contributed by atoms with Crippen molar-refractivity contribution < 1.29 is 19.4 Å². The Morgan fingerprint density at radius 2 is 2.22 bits per heavy atom. The Balaban J connectivity index is 1.98. The first-order valence-electron chi connectivity index (χ1n) is 6.40. The maximum atomic E-state index is 12.4. The maximum Gasteiger partial charge on any atom is 0.305 e. The molecule has 1 amide bonds. The van der Waals surface area contributed by atoms with Gasteiger partial charge in [0.25, 0.3) is 0 Å². The van der Waals surface area contributed by atoms with Crippen LogP contribution in [0.2, 0.25) is 0 Å². The van der Waals surface area contributed by atoms with Crippen LogP contribution in [-0.2, 0) is 14.3 Å². The van der Waals surface area contributed by atoms with Crippen molar-refractivity contribution in [1.82, 2.24) is 4.90 Å². The molecule has 2 rings (SSSR count). The van der Waals surface area contributed by atoms with E-state index in [-0.39, 0.29) is 23.6 Å². The summed E-state index contributed by atoms with van der Waals surface area (Å²) in [6.07, 6.45) is 3.16. The SMILES string of the molecule is O=C(O)CC1COCCN1C(=O)C1CCCCS1. The summed E-state index contributed by atoms with van der Waals surface area (Å²) >= 11 is 1.71. The molecule has 0 aliphatic carbocycles. The minimum atomic E-state index is -0.875. The van der Waals surface area contributed by atoms with Gasteiger partial charge in [0.15, 0.2) is 0 Å². The molecule has 2 saturated heterocycles. The lowest BCUT2D eigenvalue weighted by atomic mass is 10.1. The van der Waals surface area contributed by atoms with Gasteiger partial charge >= 0.3 is 5.97 Å². The van der Waals surface area contributed by atoms with Crippen LogP contribution in [-0.4, -0.2) is 58.7 Å². The normalized spacial score (nSPS) is 29.0. The summed E-state index contributed by atoms with van der Waals surface area (Å²) in [4.78, 5) is 24.9. The fourth-order valence-electron chi connectivity index (χ4n) is 2.44. The van der Waals surface area contributed by atoms with Gasteiger partial charge in [-0.2, -0.15) is 0 Å². The lowest BCUT2D eigenvalue weighted by Gasteiger charge is -2.37. The second kappa shape index (κ2) is 6.43. The summed E-state index contributed by atoms with van der Waals surface area (Å²) in [6.45, 7) is 1.38. The van der Waals surface area contributed by atoms with Crippen molar-refractivity contribution in [3.8, 4) is 0 Å². The minimum absolute atomic E-state index is 0.0214. The topological polar surface area (TPSA) is 66.8 Å². The van der Waals surface area contributed by atoms with Crippen LogP contribution in [0.4, 0.5) is 0 Å². The zero-order chi connectivity index (χ0) is 13.0. The maximum absolute atomic E-state index is 12.4. The first-order valence-corrected chi connectivity index (χ1v) is 7.45. The molecule has 2 aliphatic rings. The number of carboxylic acid groups (broad SMARTS) is 1. The third kappa shape index (κ3) is 3.38. The summed E-state index contributed by atoms with van der Waals surface area (Å²) < 4.78 is 5.29. The van der Waals surface area contributed by atoms with Crippen LogP contribution >= 0.6 is 11.8 Å². The second-order valence-corrected chi connectivity index (χ2v) is 6.02. The van der Waals surface area contributed by atoms with Gasteiger partial charge in [0.2, 0.25) is 5.91 Å². The van der Waals surface area contributed by atoms with Gasteiger partial charge in [-0.25, -0.2) is 0 Å². The average Bonchev–Trinajstić information content (AvgIpc) is 2.39. The highest BCUT2D eigenvalue weighted by molar-refractivity contribution is 8.00. The van der Waals surface area contributed by atoms with Crippen LogP contribution in [0.1, 0.15) is 25.7 Å². The number of nitrogens with zero attached hydrogens (tertiary/aromatic N) is 1. The van der Waals surface area contributed by atoms with Crippen LogP contribution in [0.3, 0.4) is 0 Å². The van der Waals surface area contributed by atoms with E-state index >= 15 is 0 Å². The number of carbonyl (C=O) groups excluding carboxylic acids is 1. The molecule has 2 atom stereocenters. The second-order valence-electron chi connectivity index (χ2n) is 4.71. The number of ether oxygens (including phenoxy) is 1. The van der Waals surface area contributed by atoms with E-state index in [9.17, 15) is 9.59 Å². The van der Waals surface area contributed by atoms with Crippen LogP contribution in [0.25, 0.3) is 0 Å². The summed E-state index contributed by atoms with van der Waals surface area (Å²) in [6, 6.07) is -0.300. The van der Waals surface area contributed by atoms with E-state index in [0.717, 1.165) is 18.6 Å². The van der Waals surface area contributed by atoms with Crippen molar-refractivity contribution in [3.63, 3.8) is 0 Å². The molecular weight excluding hydrogens is 254 g/mol. The van der Waals surface area contributed by atoms with Crippen molar-refractivity contribution >= 4 is 23.6 Å². The number of carbonyl (C=O) groups is 2. The van der Waals surface area contributed by atoms with Gasteiger partial charge in [-0.15, -0.1) is 11.8 Å². The third-order valence-electron chi connectivity index (χ3n) is 3.38. The predicted molar refractivity (Wildman–Crippen MR) is 68.7 cm³/mol. The molecule has 6 heteroatoms. The first-order chi connectivity index (χ1) is 8.68. The quantitative estimate of drug-likeness (QED) is 0.830. The molecule has 2 unspecified atom stereocenters. The van der Waals surface area contributed by atoms with Crippen molar-refractivity contribution in [2.75, 3.05) is 25.5 Å². The van der Waals surface area contributed by atoms with Gasteiger partial charge < -0.3 is 14.7 Å². The standard InChI is InChI=1S/C12H19NO4S/c14-11(15)7-9-8-17-5-4-13(9)12(16)10-3-1-2-6-18-10/h9-10H,1-8H2,(H,14,15). The summed E-state index contributed by atoms with van der Waals surface area (Å²) in [5, 5.41) is 8.90. The smallest absolute Gasteiger partial charge is 0.305 e. The van der Waals surface area contributed by atoms with Crippen LogP contribution in [0, 0.1) is 0 Å². The first kappa shape index (κ1) is 13.7. The van der Waals surface area contributed by atoms with Gasteiger partial charge in [0.05, 0.1) is 30.9 Å². The highest BCUT2D eigenvalue weighted by Gasteiger charge is 2.33. The van der Waals surface area contributed by atoms with Crippen molar-refractivity contribution in [2.24, 2.45) is 0 Å². The number of hydrogen-bond acceptors (Lipinski definition) is 4. The largest absolute Gasteiger partial charge is 0.481 e. The molecular formula is C12H19NO4S. The number of morpholine rings is 1. The van der Waals surface area contributed by atoms with Crippen molar-refractivity contribution in [3.05, 3.63) is 0 Å². The zero-order valence-corrected chi connectivity index (χ0v) is 11.2. The molecule has 0 aromatic rings. The molecule has 18 heavy (non-hydrogen) atoms. The average molecular weight is 273 g/mol. The van der Waals surface area contributed by atoms with E-state index in [2.05, 4.69) is 0 Å². The molecule has 0 aromatic heterocycles. The number of amides is 1. The van der Waals surface area contributed by atoms with Gasteiger partial charge in [-0.1, -0.05) is 6.42 Å². The van der Waals surface area contributed by atoms with E-state index in [1.807, 2.05) is 0 Å². The Labute approximate surface area is 111 Å². The highest BCUT2D eigenvalue weighted by Crippen LogP contribution is 2.28. The zero-order valence-electron chi connectivity index (χ0n) is 10.3. The Morgan fingerprint density at radius 1 is 1.39 bits per heavy atom. The van der Waals surface area contributed by atoms with Crippen LogP contribution in [0.15, 0.2) is 0 Å². The molecule has 0 saturated carbocycles. The van der Waals surface area contributed by atoms with E-state index in [0.29, 0.717) is 19.8 Å². The minimum Gasteiger partial charge on any atom is -0.481 e. The summed E-state index contributed by atoms with van der Waals surface area (Å²) in [5.41, 5.74) is 0. The fourth-order valence-corrected chi connectivity index (χ4v) is 3.70. The fraction of sp³-hybridized carbons (Fsp3) is 0.833. The molecule has 0 bridgehead atoms. The number of rotatable bonds is 3. The third-order valence-corrected chi connectivity index (χ3v) is 4.74. The molecule has 5 nitrogen and oxygen atoms in total. The highest BCUT2D eigenvalue weighted by atomic mass is 32.2. The van der Waals surface area contributed by atoms with Crippen molar-refractivity contribution in [2.45, 2.75) is 37.0 Å². The lowest BCUT2D eigenvalue weighted by Crippen LogP contribution is -2.52. The van der Waals surface area contributed by atoms with Gasteiger partial charge in [0, 0.05) is 6.54 Å². The van der Waals surface area contributed by atoms with E-state index in [1.54, 1.807) is 16.7 Å². The molecule has 0 radical (unpaired) electrons. The number of thioether (sulfide) groups is 1. The Kier molecular flexibility index (Phi) is 4.88. The van der Waals surface area contributed by atoms with Crippen LogP contribution < -0.4 is 0 Å². The molecule has 0 aromatic carbocycles. The van der Waals surface area contributed by atoms with Crippen LogP contribution in [0.5, 0.6) is 0 Å². The van der Waals surface area contributed by atoms with Gasteiger partial charge in [-0.3, -0.25) is 9.59 Å². The Morgan fingerprint density at radius 3 is 2.89 bits per heavy atom. The van der Waals surface area contributed by atoms with E-state index in [4.69, 9.17) is 9.84 Å². The molecule has 102 valence electrons. The number of carboxylic acids is 1. The summed E-state index contributed by atoms with van der Waals surface area (Å²) in [5.74, 6) is 0.263. The van der Waals surface area contributed by atoms with Crippen molar-refractivity contribution in [1.29, 1.82) is 0 Å². The monoisotopic (exact) mass is 273 g/mol. The lowest BCUT2D eigenvalue weighted by molar-refractivity contribution is -0.146. The molecule has 2 heterocycles.